The van der Waals surface area contributed by atoms with Crippen molar-refractivity contribution in [2.75, 3.05) is 18.0 Å². The Balaban J connectivity index is 1.97. The van der Waals surface area contributed by atoms with Crippen LogP contribution >= 0.6 is 0 Å². The highest BCUT2D eigenvalue weighted by atomic mass is 19.4. The molecule has 18 heavy (non-hydrogen) atoms. The van der Waals surface area contributed by atoms with Gasteiger partial charge in [-0.15, -0.1) is 5.10 Å². The second kappa shape index (κ2) is 4.75. The molecule has 1 aliphatic rings. The Bertz CT molecular complexity index is 396. The van der Waals surface area contributed by atoms with Crippen molar-refractivity contribution in [3.63, 3.8) is 0 Å². The Labute approximate surface area is 102 Å². The standard InChI is InChI=1S/C10H15F3N4O/c1-6(14)8-15-16-9(18-8)17-4-2-7(3-5-17)10(11,12)13/h6-7H,2-5,14H2,1H3. The first kappa shape index (κ1) is 13.1. The molecule has 0 bridgehead atoms. The molecule has 1 aliphatic heterocycles. The van der Waals surface area contributed by atoms with E-state index in [1.807, 2.05) is 0 Å². The number of halogens is 3. The lowest BCUT2D eigenvalue weighted by Crippen LogP contribution is -2.39. The minimum atomic E-state index is -4.11. The van der Waals surface area contributed by atoms with Crippen LogP contribution in [0.25, 0.3) is 0 Å². The van der Waals surface area contributed by atoms with Crippen LogP contribution in [-0.2, 0) is 0 Å². The molecule has 1 atom stereocenters. The van der Waals surface area contributed by atoms with Crippen LogP contribution in [0.2, 0.25) is 0 Å². The van der Waals surface area contributed by atoms with Crippen LogP contribution < -0.4 is 10.6 Å². The van der Waals surface area contributed by atoms with E-state index >= 15 is 0 Å². The number of aromatic nitrogens is 2. The Kier molecular flexibility index (Phi) is 3.47. The molecular weight excluding hydrogens is 249 g/mol. The van der Waals surface area contributed by atoms with Crippen molar-refractivity contribution in [2.45, 2.75) is 32.0 Å². The molecule has 5 nitrogen and oxygen atoms in total. The second-order valence-electron chi connectivity index (χ2n) is 4.51. The zero-order valence-corrected chi connectivity index (χ0v) is 9.94. The first-order chi connectivity index (χ1) is 8.38. The number of anilines is 1. The largest absolute Gasteiger partial charge is 0.406 e. The molecule has 1 fully saturated rings. The molecule has 102 valence electrons. The van der Waals surface area contributed by atoms with Gasteiger partial charge in [-0.25, -0.2) is 0 Å². The first-order valence-corrected chi connectivity index (χ1v) is 5.78. The lowest BCUT2D eigenvalue weighted by atomic mass is 9.97. The Morgan fingerprint density at radius 3 is 2.39 bits per heavy atom. The number of hydrogen-bond donors (Lipinski definition) is 1. The van der Waals surface area contributed by atoms with Gasteiger partial charge in [-0.05, 0) is 19.8 Å². The van der Waals surface area contributed by atoms with E-state index in [1.165, 1.54) is 0 Å². The first-order valence-electron chi connectivity index (χ1n) is 5.78. The highest BCUT2D eigenvalue weighted by Crippen LogP contribution is 2.35. The zero-order valence-electron chi connectivity index (χ0n) is 9.94. The van der Waals surface area contributed by atoms with Gasteiger partial charge in [0.15, 0.2) is 0 Å². The lowest BCUT2D eigenvalue weighted by molar-refractivity contribution is -0.179. The van der Waals surface area contributed by atoms with Crippen LogP contribution in [0, 0.1) is 5.92 Å². The SMILES string of the molecule is CC(N)c1nnc(N2CCC(C(F)(F)F)CC2)o1. The summed E-state index contributed by atoms with van der Waals surface area (Å²) >= 11 is 0. The van der Waals surface area contributed by atoms with Crippen LogP contribution in [0.5, 0.6) is 0 Å². The molecule has 0 aliphatic carbocycles. The normalized spacial score (nSPS) is 20.2. The number of piperidine rings is 1. The van der Waals surface area contributed by atoms with E-state index in [9.17, 15) is 13.2 Å². The Morgan fingerprint density at radius 2 is 1.94 bits per heavy atom. The summed E-state index contributed by atoms with van der Waals surface area (Å²) in [5, 5.41) is 7.55. The van der Waals surface area contributed by atoms with E-state index < -0.39 is 12.1 Å². The minimum Gasteiger partial charge on any atom is -0.406 e. The molecule has 1 aromatic heterocycles. The average Bonchev–Trinajstić information content (AvgIpc) is 2.77. The molecule has 1 aromatic rings. The van der Waals surface area contributed by atoms with Crippen molar-refractivity contribution in [2.24, 2.45) is 11.7 Å². The van der Waals surface area contributed by atoms with E-state index in [0.717, 1.165) is 0 Å². The molecule has 0 radical (unpaired) electrons. The number of nitrogens with two attached hydrogens (primary N) is 1. The van der Waals surface area contributed by atoms with Crippen molar-refractivity contribution in [1.29, 1.82) is 0 Å². The van der Waals surface area contributed by atoms with Crippen LogP contribution in [0.3, 0.4) is 0 Å². The smallest absolute Gasteiger partial charge is 0.391 e. The summed E-state index contributed by atoms with van der Waals surface area (Å²) in [5.41, 5.74) is 5.57. The van der Waals surface area contributed by atoms with Crippen molar-refractivity contribution < 1.29 is 17.6 Å². The van der Waals surface area contributed by atoms with Crippen LogP contribution in [0.15, 0.2) is 4.42 Å². The van der Waals surface area contributed by atoms with Gasteiger partial charge in [-0.3, -0.25) is 0 Å². The summed E-state index contributed by atoms with van der Waals surface area (Å²) in [5.74, 6) is -0.937. The fourth-order valence-corrected chi connectivity index (χ4v) is 1.94. The zero-order chi connectivity index (χ0) is 13.3. The third-order valence-electron chi connectivity index (χ3n) is 3.05. The topological polar surface area (TPSA) is 68.2 Å². The number of hydrogen-bond acceptors (Lipinski definition) is 5. The predicted molar refractivity (Wildman–Crippen MR) is 57.9 cm³/mol. The molecule has 1 unspecified atom stereocenters. The van der Waals surface area contributed by atoms with Gasteiger partial charge in [0.1, 0.15) is 0 Å². The molecule has 0 amide bonds. The molecule has 0 aromatic carbocycles. The Morgan fingerprint density at radius 1 is 1.33 bits per heavy atom. The van der Waals surface area contributed by atoms with Crippen molar-refractivity contribution in [3.05, 3.63) is 5.89 Å². The summed E-state index contributed by atoms with van der Waals surface area (Å²) in [6.45, 7) is 2.24. The molecule has 0 spiro atoms. The monoisotopic (exact) mass is 264 g/mol. The third-order valence-corrected chi connectivity index (χ3v) is 3.05. The van der Waals surface area contributed by atoms with Gasteiger partial charge in [0.2, 0.25) is 5.89 Å². The molecule has 2 N–H and O–H groups in total. The second-order valence-corrected chi connectivity index (χ2v) is 4.51. The fourth-order valence-electron chi connectivity index (χ4n) is 1.94. The van der Waals surface area contributed by atoms with Crippen LogP contribution in [0.1, 0.15) is 31.7 Å². The van der Waals surface area contributed by atoms with Crippen LogP contribution in [0.4, 0.5) is 19.2 Å². The summed E-state index contributed by atoms with van der Waals surface area (Å²) in [6, 6.07) is -0.123. The van der Waals surface area contributed by atoms with Crippen molar-refractivity contribution in [1.82, 2.24) is 10.2 Å². The van der Waals surface area contributed by atoms with Gasteiger partial charge in [0, 0.05) is 13.1 Å². The fraction of sp³-hybridized carbons (Fsp3) is 0.800. The minimum absolute atomic E-state index is 0.0550. The molecule has 2 rings (SSSR count). The molecule has 2 heterocycles. The van der Waals surface area contributed by atoms with E-state index in [1.54, 1.807) is 11.8 Å². The quantitative estimate of drug-likeness (QED) is 0.883. The molecule has 8 heteroatoms. The highest BCUT2D eigenvalue weighted by Gasteiger charge is 2.41. The average molecular weight is 264 g/mol. The molecular formula is C10H15F3N4O. The van der Waals surface area contributed by atoms with E-state index in [0.29, 0.717) is 5.89 Å². The van der Waals surface area contributed by atoms with Crippen LogP contribution in [-0.4, -0.2) is 29.5 Å². The van der Waals surface area contributed by atoms with Gasteiger partial charge >= 0.3 is 12.2 Å². The van der Waals surface area contributed by atoms with Gasteiger partial charge in [0.25, 0.3) is 0 Å². The van der Waals surface area contributed by atoms with E-state index in [-0.39, 0.29) is 38.0 Å². The number of nitrogens with zero attached hydrogens (tertiary/aromatic N) is 3. The third kappa shape index (κ3) is 2.74. The molecule has 0 saturated carbocycles. The lowest BCUT2D eigenvalue weighted by Gasteiger charge is -2.31. The maximum Gasteiger partial charge on any atom is 0.391 e. The van der Waals surface area contributed by atoms with Crippen molar-refractivity contribution in [3.8, 4) is 0 Å². The number of rotatable bonds is 2. The summed E-state index contributed by atoms with van der Waals surface area (Å²) < 4.78 is 42.8. The summed E-state index contributed by atoms with van der Waals surface area (Å²) in [4.78, 5) is 1.67. The summed E-state index contributed by atoms with van der Waals surface area (Å²) in [6.07, 6.45) is -4.00. The maximum atomic E-state index is 12.5. The highest BCUT2D eigenvalue weighted by molar-refractivity contribution is 5.25. The maximum absolute atomic E-state index is 12.5. The van der Waals surface area contributed by atoms with Crippen molar-refractivity contribution >= 4 is 6.01 Å². The summed E-state index contributed by atoms with van der Waals surface area (Å²) in [7, 11) is 0. The van der Waals surface area contributed by atoms with E-state index in [2.05, 4.69) is 10.2 Å². The van der Waals surface area contributed by atoms with Gasteiger partial charge in [-0.2, -0.15) is 13.2 Å². The van der Waals surface area contributed by atoms with Gasteiger partial charge in [-0.1, -0.05) is 5.10 Å². The van der Waals surface area contributed by atoms with Gasteiger partial charge < -0.3 is 15.1 Å². The number of alkyl halides is 3. The predicted octanol–water partition coefficient (Wildman–Crippen LogP) is 1.87. The Hall–Kier alpha value is -1.31. The van der Waals surface area contributed by atoms with E-state index in [4.69, 9.17) is 10.2 Å². The molecule has 1 saturated heterocycles. The van der Waals surface area contributed by atoms with Gasteiger partial charge in [0.05, 0.1) is 12.0 Å².